The molecule has 0 saturated carbocycles. The molecule has 2 aliphatic carbocycles. The van der Waals surface area contributed by atoms with Crippen LogP contribution in [-0.4, -0.2) is 50.7 Å². The number of nitrogens with zero attached hydrogens (tertiary/aromatic N) is 2. The first-order valence-electron chi connectivity index (χ1n) is 15.6. The zero-order valence-corrected chi connectivity index (χ0v) is 29.5. The molecule has 0 saturated heterocycles. The minimum atomic E-state index is -5.62. The lowest BCUT2D eigenvalue weighted by molar-refractivity contribution is -0.276. The largest absolute Gasteiger partial charge is 0.573 e. The van der Waals surface area contributed by atoms with Gasteiger partial charge >= 0.3 is 12.7 Å². The maximum Gasteiger partial charge on any atom is 0.573 e. The highest BCUT2D eigenvalue weighted by Crippen LogP contribution is 2.53. The van der Waals surface area contributed by atoms with Gasteiger partial charge in [-0.1, -0.05) is 72.8 Å². The smallest absolute Gasteiger partial charge is 0.405 e. The molecular formula is C34H26F6N6O8S2. The summed E-state index contributed by atoms with van der Waals surface area (Å²) in [5.74, 6) is -2.62. The highest BCUT2D eigenvalue weighted by Gasteiger charge is 2.59. The third-order valence-electron chi connectivity index (χ3n) is 9.46. The highest BCUT2D eigenvalue weighted by atomic mass is 32.2. The molecule has 6 rings (SSSR count). The Kier molecular flexibility index (Phi) is 9.75. The van der Waals surface area contributed by atoms with E-state index < -0.39 is 99.7 Å². The molecule has 294 valence electrons. The van der Waals surface area contributed by atoms with Crippen LogP contribution in [-0.2, 0) is 29.7 Å². The number of alkyl halides is 6. The maximum absolute atomic E-state index is 14.1. The SMILES string of the molecule is N=NC1=Cc2ccccc2C(c2ccc(-c3ccc(C4(S(=O)(=O)O)c5ccccc5C=C(N=N)C4N)c(OC(F)(F)F)c3)cc2OC(F)(F)F)(S(=O)(=O)O)C1N. The van der Waals surface area contributed by atoms with Crippen molar-refractivity contribution in [1.29, 1.82) is 11.1 Å². The van der Waals surface area contributed by atoms with Gasteiger partial charge in [-0.05, 0) is 57.7 Å². The van der Waals surface area contributed by atoms with E-state index in [1.807, 2.05) is 0 Å². The van der Waals surface area contributed by atoms with Crippen LogP contribution < -0.4 is 20.9 Å². The van der Waals surface area contributed by atoms with E-state index in [4.69, 9.17) is 22.5 Å². The van der Waals surface area contributed by atoms with Gasteiger partial charge in [-0.25, -0.2) is 11.1 Å². The molecule has 4 aromatic carbocycles. The molecule has 0 aliphatic heterocycles. The molecule has 56 heavy (non-hydrogen) atoms. The number of hydrogen-bond acceptors (Lipinski definition) is 12. The van der Waals surface area contributed by atoms with Gasteiger partial charge in [-0.3, -0.25) is 9.11 Å². The molecule has 0 amide bonds. The number of rotatable bonds is 9. The van der Waals surface area contributed by atoms with E-state index in [0.717, 1.165) is 36.4 Å². The fourth-order valence-electron chi connectivity index (χ4n) is 7.31. The van der Waals surface area contributed by atoms with Crippen molar-refractivity contribution in [3.8, 4) is 22.6 Å². The standard InChI is InChI=1S/C34H26F6N6O8S2/c35-33(36,37)53-27-15-17(9-11-23(27)31(55(47,48)49)21-7-3-1-5-19(21)13-25(45-43)29(31)41)18-10-12-24(28(16-18)54-34(38,39)40)32(56(50,51)52)22-8-4-2-6-20(22)14-26(46-44)30(32)42/h1-16,29-30,43-44H,41-42H2,(H,47,48,49)(H,50,51,52). The monoisotopic (exact) mass is 824 g/mol. The van der Waals surface area contributed by atoms with Gasteiger partial charge in [0.1, 0.15) is 11.5 Å². The van der Waals surface area contributed by atoms with Crippen molar-refractivity contribution in [2.45, 2.75) is 34.3 Å². The van der Waals surface area contributed by atoms with E-state index in [-0.39, 0.29) is 22.3 Å². The third kappa shape index (κ3) is 6.42. The summed E-state index contributed by atoms with van der Waals surface area (Å²) in [6, 6.07) is 10.9. The van der Waals surface area contributed by atoms with Gasteiger partial charge in [0.05, 0.1) is 23.5 Å². The van der Waals surface area contributed by atoms with Crippen LogP contribution in [0.5, 0.6) is 11.5 Å². The summed E-state index contributed by atoms with van der Waals surface area (Å²) in [6.45, 7) is 0. The Balaban J connectivity index is 1.66. The van der Waals surface area contributed by atoms with Crippen LogP contribution in [0.25, 0.3) is 23.3 Å². The maximum atomic E-state index is 14.1. The molecule has 0 aromatic heterocycles. The number of ether oxygens (including phenoxy) is 2. The molecule has 2 aliphatic rings. The van der Waals surface area contributed by atoms with Crippen molar-refractivity contribution < 1.29 is 61.8 Å². The topological polar surface area (TPSA) is 252 Å². The Bertz CT molecular complexity index is 2410. The summed E-state index contributed by atoms with van der Waals surface area (Å²) in [4.78, 5) is 0. The zero-order chi connectivity index (χ0) is 41.2. The Hall–Kier alpha value is -5.52. The summed E-state index contributed by atoms with van der Waals surface area (Å²) in [5.41, 5.74) is 23.4. The fraction of sp³-hybridized carbons (Fsp3) is 0.176. The first-order valence-corrected chi connectivity index (χ1v) is 18.5. The average molecular weight is 825 g/mol. The molecule has 0 radical (unpaired) electrons. The Morgan fingerprint density at radius 2 is 0.929 bits per heavy atom. The highest BCUT2D eigenvalue weighted by molar-refractivity contribution is 7.87. The minimum absolute atomic E-state index is 0.00383. The number of hydrogen-bond donors (Lipinski definition) is 6. The lowest BCUT2D eigenvalue weighted by atomic mass is 9.75. The van der Waals surface area contributed by atoms with E-state index in [0.29, 0.717) is 12.1 Å². The lowest BCUT2D eigenvalue weighted by Crippen LogP contribution is -2.54. The summed E-state index contributed by atoms with van der Waals surface area (Å²) in [6.07, 6.45) is -8.74. The van der Waals surface area contributed by atoms with Crippen LogP contribution in [0, 0.1) is 11.1 Å². The number of benzene rings is 4. The van der Waals surface area contributed by atoms with Gasteiger partial charge in [0.2, 0.25) is 0 Å². The van der Waals surface area contributed by atoms with Gasteiger partial charge in [-0.15, -0.1) is 26.3 Å². The average Bonchev–Trinajstić information content (AvgIpc) is 3.09. The second kappa shape index (κ2) is 13.6. The molecule has 4 aromatic rings. The normalized spacial score (nSPS) is 22.5. The van der Waals surface area contributed by atoms with Crippen LogP contribution in [0.15, 0.2) is 107 Å². The van der Waals surface area contributed by atoms with Crippen LogP contribution in [0.3, 0.4) is 0 Å². The number of fused-ring (bicyclic) bond motifs is 2. The molecule has 0 bridgehead atoms. The van der Waals surface area contributed by atoms with Gasteiger partial charge in [-0.2, -0.15) is 27.1 Å². The van der Waals surface area contributed by atoms with E-state index in [9.17, 15) is 52.3 Å². The fourth-order valence-corrected chi connectivity index (χ4v) is 10.0. The van der Waals surface area contributed by atoms with E-state index in [1.54, 1.807) is 0 Å². The molecule has 4 unspecified atom stereocenters. The van der Waals surface area contributed by atoms with Crippen molar-refractivity contribution in [2.24, 2.45) is 21.7 Å². The van der Waals surface area contributed by atoms with Crippen LogP contribution >= 0.6 is 0 Å². The molecule has 14 nitrogen and oxygen atoms in total. The van der Waals surface area contributed by atoms with Crippen molar-refractivity contribution in [1.82, 2.24) is 0 Å². The first kappa shape index (κ1) is 40.2. The molecule has 4 atom stereocenters. The van der Waals surface area contributed by atoms with E-state index >= 15 is 0 Å². The van der Waals surface area contributed by atoms with E-state index in [1.165, 1.54) is 48.6 Å². The van der Waals surface area contributed by atoms with Crippen LogP contribution in [0.2, 0.25) is 0 Å². The molecule has 22 heteroatoms. The number of halogens is 6. The Morgan fingerprint density at radius 1 is 0.589 bits per heavy atom. The summed E-state index contributed by atoms with van der Waals surface area (Å²) < 4.78 is 162. The number of nitrogens with one attached hydrogen (secondary N) is 2. The van der Waals surface area contributed by atoms with Crippen molar-refractivity contribution in [2.75, 3.05) is 0 Å². The van der Waals surface area contributed by atoms with E-state index in [2.05, 4.69) is 19.7 Å². The minimum Gasteiger partial charge on any atom is -0.405 e. The molecular weight excluding hydrogens is 799 g/mol. The molecule has 0 heterocycles. The van der Waals surface area contributed by atoms with Crippen molar-refractivity contribution in [3.63, 3.8) is 0 Å². The molecule has 0 fully saturated rings. The predicted octanol–water partition coefficient (Wildman–Crippen LogP) is 6.84. The Morgan fingerprint density at radius 3 is 1.23 bits per heavy atom. The predicted molar refractivity (Wildman–Crippen MR) is 185 cm³/mol. The van der Waals surface area contributed by atoms with Crippen molar-refractivity contribution >= 4 is 32.4 Å². The van der Waals surface area contributed by atoms with Crippen molar-refractivity contribution in [3.05, 3.63) is 130 Å². The quantitative estimate of drug-likeness (QED) is 0.0582. The Labute approximate surface area is 312 Å². The van der Waals surface area contributed by atoms with Gasteiger partial charge in [0.15, 0.2) is 9.49 Å². The molecule has 0 spiro atoms. The second-order valence-corrected chi connectivity index (χ2v) is 15.6. The zero-order valence-electron chi connectivity index (χ0n) is 27.9. The van der Waals surface area contributed by atoms with Crippen LogP contribution in [0.1, 0.15) is 33.4 Å². The van der Waals surface area contributed by atoms with Crippen LogP contribution in [0.4, 0.5) is 26.3 Å². The summed E-state index contributed by atoms with van der Waals surface area (Å²) in [5, 5.41) is 6.44. The third-order valence-corrected chi connectivity index (χ3v) is 12.5. The van der Waals surface area contributed by atoms with Gasteiger partial charge in [0, 0.05) is 11.1 Å². The number of nitrogens with two attached hydrogens (primary N) is 2. The summed E-state index contributed by atoms with van der Waals surface area (Å²) in [7, 11) is -11.2. The molecule has 8 N–H and O–H groups in total. The van der Waals surface area contributed by atoms with Gasteiger partial charge < -0.3 is 20.9 Å². The second-order valence-electron chi connectivity index (χ2n) is 12.4. The first-order chi connectivity index (χ1) is 26.0. The van der Waals surface area contributed by atoms with Gasteiger partial charge in [0.25, 0.3) is 20.2 Å². The summed E-state index contributed by atoms with van der Waals surface area (Å²) >= 11 is 0. The lowest BCUT2D eigenvalue weighted by Gasteiger charge is -2.41.